The first kappa shape index (κ1) is 18.6. The first-order chi connectivity index (χ1) is 14.2. The molecule has 2 heterocycles. The Morgan fingerprint density at radius 2 is 1.69 bits per heavy atom. The zero-order chi connectivity index (χ0) is 20.4. The second kappa shape index (κ2) is 7.71. The van der Waals surface area contributed by atoms with Gasteiger partial charge in [-0.05, 0) is 18.2 Å². The molecule has 0 fully saturated rings. The van der Waals surface area contributed by atoms with Crippen LogP contribution < -0.4 is 24.4 Å². The summed E-state index contributed by atoms with van der Waals surface area (Å²) in [5, 5.41) is 3.44. The summed E-state index contributed by atoms with van der Waals surface area (Å²) in [5.74, 6) is 1.48. The predicted molar refractivity (Wildman–Crippen MR) is 110 cm³/mol. The molecule has 1 aliphatic rings. The van der Waals surface area contributed by atoms with Gasteiger partial charge >= 0.3 is 0 Å². The van der Waals surface area contributed by atoms with E-state index in [1.54, 1.807) is 38.6 Å². The Kier molecular flexibility index (Phi) is 4.95. The number of benzene rings is 2. The van der Waals surface area contributed by atoms with Gasteiger partial charge in [-0.2, -0.15) is 0 Å². The summed E-state index contributed by atoms with van der Waals surface area (Å²) >= 11 is 0. The van der Waals surface area contributed by atoms with Crippen molar-refractivity contribution >= 4 is 17.3 Å². The highest BCUT2D eigenvalue weighted by Crippen LogP contribution is 2.43. The number of amides is 1. The van der Waals surface area contributed by atoms with Crippen molar-refractivity contribution in [1.29, 1.82) is 0 Å². The SMILES string of the molecule is COc1cc(NC2c3ccccc3C(=O)N2c2cccnc2)cc(OC)c1OC. The summed E-state index contributed by atoms with van der Waals surface area (Å²) in [6, 6.07) is 14.9. The molecule has 1 aliphatic heterocycles. The minimum atomic E-state index is -0.411. The molecule has 0 bridgehead atoms. The Labute approximate surface area is 168 Å². The highest BCUT2D eigenvalue weighted by molar-refractivity contribution is 6.11. The lowest BCUT2D eigenvalue weighted by Gasteiger charge is -2.27. The Bertz CT molecular complexity index is 1010. The van der Waals surface area contributed by atoms with Gasteiger partial charge in [-0.3, -0.25) is 14.7 Å². The fraction of sp³-hybridized carbons (Fsp3) is 0.182. The Balaban J connectivity index is 1.79. The standard InChI is InChI=1S/C22H21N3O4/c1-27-18-11-14(12-19(28-2)20(18)29-3)24-21-16-8-4-5-9-17(16)22(26)25(21)15-7-6-10-23-13-15/h4-13,21,24H,1-3H3. The number of hydrogen-bond acceptors (Lipinski definition) is 6. The quantitative estimate of drug-likeness (QED) is 0.688. The molecule has 29 heavy (non-hydrogen) atoms. The molecule has 0 aliphatic carbocycles. The number of fused-ring (bicyclic) bond motifs is 1. The molecule has 4 rings (SSSR count). The molecule has 1 N–H and O–H groups in total. The van der Waals surface area contributed by atoms with Gasteiger partial charge in [-0.15, -0.1) is 0 Å². The maximum Gasteiger partial charge on any atom is 0.260 e. The van der Waals surface area contributed by atoms with Crippen molar-refractivity contribution in [3.05, 3.63) is 72.1 Å². The normalized spacial score (nSPS) is 15.1. The summed E-state index contributed by atoms with van der Waals surface area (Å²) in [5.41, 5.74) is 2.97. The molecule has 7 heteroatoms. The van der Waals surface area contributed by atoms with Crippen LogP contribution in [-0.2, 0) is 0 Å². The number of hydrogen-bond donors (Lipinski definition) is 1. The smallest absolute Gasteiger partial charge is 0.260 e. The van der Waals surface area contributed by atoms with Crippen LogP contribution in [0.1, 0.15) is 22.1 Å². The monoisotopic (exact) mass is 391 g/mol. The van der Waals surface area contributed by atoms with Crippen molar-refractivity contribution in [1.82, 2.24) is 4.98 Å². The van der Waals surface area contributed by atoms with E-state index in [1.807, 2.05) is 48.5 Å². The van der Waals surface area contributed by atoms with Gasteiger partial charge in [0.15, 0.2) is 11.5 Å². The molecular formula is C22H21N3O4. The van der Waals surface area contributed by atoms with Gasteiger partial charge in [0.05, 0.1) is 33.2 Å². The number of carbonyl (C=O) groups excluding carboxylic acids is 1. The van der Waals surface area contributed by atoms with Gasteiger partial charge in [0.1, 0.15) is 6.17 Å². The van der Waals surface area contributed by atoms with Gasteiger partial charge < -0.3 is 19.5 Å². The lowest BCUT2D eigenvalue weighted by Crippen LogP contribution is -2.32. The number of ether oxygens (including phenoxy) is 3. The zero-order valence-electron chi connectivity index (χ0n) is 16.4. The van der Waals surface area contributed by atoms with E-state index >= 15 is 0 Å². The predicted octanol–water partition coefficient (Wildman–Crippen LogP) is 3.88. The van der Waals surface area contributed by atoms with Crippen LogP contribution >= 0.6 is 0 Å². The van der Waals surface area contributed by atoms with Crippen molar-refractivity contribution in [2.45, 2.75) is 6.17 Å². The third kappa shape index (κ3) is 3.20. The number of carbonyl (C=O) groups is 1. The molecule has 1 atom stereocenters. The van der Waals surface area contributed by atoms with Crippen LogP contribution in [0.3, 0.4) is 0 Å². The Morgan fingerprint density at radius 1 is 0.966 bits per heavy atom. The molecule has 1 amide bonds. The number of nitrogens with one attached hydrogen (secondary N) is 1. The van der Waals surface area contributed by atoms with Crippen molar-refractivity contribution in [2.24, 2.45) is 0 Å². The minimum Gasteiger partial charge on any atom is -0.493 e. The van der Waals surface area contributed by atoms with Gasteiger partial charge in [0.2, 0.25) is 5.75 Å². The van der Waals surface area contributed by atoms with Crippen LogP contribution in [0.25, 0.3) is 0 Å². The molecule has 3 aromatic rings. The topological polar surface area (TPSA) is 72.9 Å². The van der Waals surface area contributed by atoms with E-state index < -0.39 is 6.17 Å². The van der Waals surface area contributed by atoms with E-state index in [1.165, 1.54) is 0 Å². The second-order valence-electron chi connectivity index (χ2n) is 6.43. The highest BCUT2D eigenvalue weighted by atomic mass is 16.5. The molecule has 1 unspecified atom stereocenters. The molecule has 0 radical (unpaired) electrons. The summed E-state index contributed by atoms with van der Waals surface area (Å²) in [4.78, 5) is 19.0. The van der Waals surface area contributed by atoms with Gasteiger partial charge in [-0.1, -0.05) is 18.2 Å². The second-order valence-corrected chi connectivity index (χ2v) is 6.43. The molecule has 7 nitrogen and oxygen atoms in total. The van der Waals surface area contributed by atoms with E-state index in [4.69, 9.17) is 14.2 Å². The van der Waals surface area contributed by atoms with Crippen molar-refractivity contribution in [3.8, 4) is 17.2 Å². The summed E-state index contributed by atoms with van der Waals surface area (Å²) in [6.07, 6.45) is 2.94. The highest BCUT2D eigenvalue weighted by Gasteiger charge is 2.37. The molecule has 0 spiro atoms. The van der Waals surface area contributed by atoms with E-state index in [0.717, 1.165) is 11.3 Å². The molecule has 2 aromatic carbocycles. The Hall–Kier alpha value is -3.74. The zero-order valence-corrected chi connectivity index (χ0v) is 16.4. The third-order valence-corrected chi connectivity index (χ3v) is 4.85. The van der Waals surface area contributed by atoms with E-state index in [9.17, 15) is 4.79 Å². The summed E-state index contributed by atoms with van der Waals surface area (Å²) in [6.45, 7) is 0. The first-order valence-corrected chi connectivity index (χ1v) is 9.07. The summed E-state index contributed by atoms with van der Waals surface area (Å²) < 4.78 is 16.3. The maximum atomic E-state index is 13.1. The Morgan fingerprint density at radius 3 is 2.31 bits per heavy atom. The third-order valence-electron chi connectivity index (χ3n) is 4.85. The molecule has 0 saturated carbocycles. The summed E-state index contributed by atoms with van der Waals surface area (Å²) in [7, 11) is 4.69. The van der Waals surface area contributed by atoms with Crippen LogP contribution in [0.2, 0.25) is 0 Å². The first-order valence-electron chi connectivity index (χ1n) is 9.07. The van der Waals surface area contributed by atoms with Crippen molar-refractivity contribution in [3.63, 3.8) is 0 Å². The van der Waals surface area contributed by atoms with E-state index in [-0.39, 0.29) is 5.91 Å². The average Bonchev–Trinajstić information content (AvgIpc) is 3.05. The van der Waals surface area contributed by atoms with Crippen LogP contribution in [0.15, 0.2) is 60.9 Å². The number of nitrogens with zero attached hydrogens (tertiary/aromatic N) is 2. The largest absolute Gasteiger partial charge is 0.493 e. The number of anilines is 2. The van der Waals surface area contributed by atoms with Crippen LogP contribution in [0.5, 0.6) is 17.2 Å². The van der Waals surface area contributed by atoms with Gasteiger partial charge in [-0.25, -0.2) is 0 Å². The van der Waals surface area contributed by atoms with E-state index in [2.05, 4.69) is 10.3 Å². The average molecular weight is 391 g/mol. The maximum absolute atomic E-state index is 13.1. The number of aromatic nitrogens is 1. The lowest BCUT2D eigenvalue weighted by atomic mass is 10.1. The van der Waals surface area contributed by atoms with Gasteiger partial charge in [0, 0.05) is 35.1 Å². The van der Waals surface area contributed by atoms with Crippen LogP contribution in [-0.4, -0.2) is 32.2 Å². The van der Waals surface area contributed by atoms with Crippen LogP contribution in [0, 0.1) is 0 Å². The van der Waals surface area contributed by atoms with Crippen molar-refractivity contribution in [2.75, 3.05) is 31.5 Å². The molecule has 148 valence electrons. The van der Waals surface area contributed by atoms with Crippen LogP contribution in [0.4, 0.5) is 11.4 Å². The number of rotatable bonds is 6. The van der Waals surface area contributed by atoms with E-state index in [0.29, 0.717) is 28.5 Å². The fourth-order valence-electron chi connectivity index (χ4n) is 3.54. The number of methoxy groups -OCH3 is 3. The van der Waals surface area contributed by atoms with Crippen molar-refractivity contribution < 1.29 is 19.0 Å². The molecular weight excluding hydrogens is 370 g/mol. The minimum absolute atomic E-state index is 0.0847. The fourth-order valence-corrected chi connectivity index (χ4v) is 3.54. The lowest BCUT2D eigenvalue weighted by molar-refractivity contribution is 0.0993. The molecule has 0 saturated heterocycles. The number of pyridine rings is 1. The molecule has 1 aromatic heterocycles. The van der Waals surface area contributed by atoms with Gasteiger partial charge in [0.25, 0.3) is 5.91 Å².